The number of nitrogens with zero attached hydrogens (tertiary/aromatic N) is 10. The van der Waals surface area contributed by atoms with Crippen molar-refractivity contribution in [2.75, 3.05) is 39.3 Å². The van der Waals surface area contributed by atoms with Crippen LogP contribution in [0.3, 0.4) is 0 Å². The van der Waals surface area contributed by atoms with Crippen molar-refractivity contribution in [3.05, 3.63) is 41.4 Å². The van der Waals surface area contributed by atoms with Crippen LogP contribution in [-0.2, 0) is 14.4 Å². The molecule has 0 aromatic heterocycles. The maximum atomic E-state index is 12.2. The van der Waals surface area contributed by atoms with E-state index in [2.05, 4.69) is 46.0 Å². The molecule has 0 aromatic rings. The second kappa shape index (κ2) is 21.1. The molecule has 0 spiro atoms. The summed E-state index contributed by atoms with van der Waals surface area (Å²) >= 11 is 0. The molecule has 0 aliphatic carbocycles. The van der Waals surface area contributed by atoms with Crippen LogP contribution in [0.5, 0.6) is 0 Å². The molecule has 0 saturated carbocycles. The number of azide groups is 3. The zero-order chi connectivity index (χ0) is 27.8. The first kappa shape index (κ1) is 32.7. The molecule has 0 rings (SSSR count). The second-order valence-electron chi connectivity index (χ2n) is 7.96. The van der Waals surface area contributed by atoms with Crippen molar-refractivity contribution in [3.63, 3.8) is 0 Å². The summed E-state index contributed by atoms with van der Waals surface area (Å²) in [5, 5.41) is 30.0. The molecule has 18 nitrogen and oxygen atoms in total. The summed E-state index contributed by atoms with van der Waals surface area (Å²) in [6.45, 7) is 1.31. The fourth-order valence-electron chi connectivity index (χ4n) is 3.22. The minimum Gasteiger partial charge on any atom is -0.356 e. The van der Waals surface area contributed by atoms with Crippen molar-refractivity contribution in [2.45, 2.75) is 63.3 Å². The molecular weight excluding hydrogens is 490 g/mol. The van der Waals surface area contributed by atoms with Gasteiger partial charge in [0.2, 0.25) is 23.3 Å². The minimum atomic E-state index is -1.69. The van der Waals surface area contributed by atoms with Gasteiger partial charge < -0.3 is 16.0 Å². The molecule has 18 heteroatoms. The van der Waals surface area contributed by atoms with Crippen LogP contribution < -0.4 is 16.0 Å². The molecule has 0 aliphatic heterocycles. The van der Waals surface area contributed by atoms with Gasteiger partial charge in [0.15, 0.2) is 0 Å². The Morgan fingerprint density at radius 2 is 0.973 bits per heavy atom. The highest BCUT2D eigenvalue weighted by Gasteiger charge is 2.43. The number of amides is 3. The molecule has 204 valence electrons. The van der Waals surface area contributed by atoms with Gasteiger partial charge in [0.1, 0.15) is 0 Å². The molecule has 0 fully saturated rings. The SMILES string of the molecule is [N-]=[N+]=NCCCNC(=O)CCC(CCC(=O)NCCCN=[N+]=[N-])(CCC(=O)NCCCN=[N+]=[N-])[N+](=O)[O-]. The summed E-state index contributed by atoms with van der Waals surface area (Å²) in [5.74, 6) is -1.30. The van der Waals surface area contributed by atoms with E-state index in [0.717, 1.165) is 0 Å². The van der Waals surface area contributed by atoms with Gasteiger partial charge >= 0.3 is 0 Å². The van der Waals surface area contributed by atoms with Crippen LogP contribution in [-0.4, -0.2) is 67.5 Å². The number of hydrogen-bond acceptors (Lipinski definition) is 8. The smallest absolute Gasteiger partial charge is 0.223 e. The lowest BCUT2D eigenvalue weighted by molar-refractivity contribution is -0.573. The van der Waals surface area contributed by atoms with Gasteiger partial charge in [0.25, 0.3) is 0 Å². The van der Waals surface area contributed by atoms with Gasteiger partial charge in [-0.15, -0.1) is 0 Å². The Hall–Kier alpha value is -4.26. The van der Waals surface area contributed by atoms with E-state index in [9.17, 15) is 24.5 Å². The van der Waals surface area contributed by atoms with E-state index < -0.39 is 28.2 Å². The van der Waals surface area contributed by atoms with Crippen LogP contribution in [0.25, 0.3) is 31.3 Å². The molecule has 0 aromatic carbocycles. The molecule has 37 heavy (non-hydrogen) atoms. The molecule has 0 unspecified atom stereocenters. The highest BCUT2D eigenvalue weighted by Crippen LogP contribution is 2.29. The summed E-state index contributed by atoms with van der Waals surface area (Å²) in [6.07, 6.45) is 0.114. The summed E-state index contributed by atoms with van der Waals surface area (Å²) < 4.78 is 0. The predicted octanol–water partition coefficient (Wildman–Crippen LogP) is 2.79. The van der Waals surface area contributed by atoms with Crippen LogP contribution >= 0.6 is 0 Å². The van der Waals surface area contributed by atoms with Gasteiger partial charge in [-0.2, -0.15) is 0 Å². The van der Waals surface area contributed by atoms with Gasteiger partial charge in [0, 0.05) is 97.5 Å². The molecule has 0 saturated heterocycles. The fourth-order valence-corrected chi connectivity index (χ4v) is 3.22. The first-order valence-electron chi connectivity index (χ1n) is 11.8. The quantitative estimate of drug-likeness (QED) is 0.0480. The zero-order valence-corrected chi connectivity index (χ0v) is 20.6. The van der Waals surface area contributed by atoms with Crippen LogP contribution in [0.2, 0.25) is 0 Å². The molecule has 0 heterocycles. The van der Waals surface area contributed by atoms with Gasteiger partial charge in [-0.3, -0.25) is 24.5 Å². The minimum absolute atomic E-state index is 0.184. The fraction of sp³-hybridized carbons (Fsp3) is 0.842. The second-order valence-corrected chi connectivity index (χ2v) is 7.96. The lowest BCUT2D eigenvalue weighted by Crippen LogP contribution is -2.42. The lowest BCUT2D eigenvalue weighted by Gasteiger charge is -2.25. The number of carbonyl (C=O) groups is 3. The Balaban J connectivity index is 5.08. The summed E-state index contributed by atoms with van der Waals surface area (Å²) in [6, 6.07) is 0. The third-order valence-corrected chi connectivity index (χ3v) is 5.30. The van der Waals surface area contributed by atoms with Crippen LogP contribution in [0.1, 0.15) is 57.8 Å². The topological polar surface area (TPSA) is 277 Å². The van der Waals surface area contributed by atoms with Crippen molar-refractivity contribution in [3.8, 4) is 0 Å². The van der Waals surface area contributed by atoms with E-state index in [4.69, 9.17) is 16.6 Å². The molecule has 0 atom stereocenters. The molecule has 3 N–H and O–H groups in total. The van der Waals surface area contributed by atoms with E-state index in [-0.39, 0.29) is 77.8 Å². The van der Waals surface area contributed by atoms with Gasteiger partial charge in [-0.05, 0) is 35.9 Å². The van der Waals surface area contributed by atoms with Crippen LogP contribution in [0, 0.1) is 10.1 Å². The molecule has 0 radical (unpaired) electrons. The van der Waals surface area contributed by atoms with E-state index in [1.165, 1.54) is 0 Å². The predicted molar refractivity (Wildman–Crippen MR) is 132 cm³/mol. The van der Waals surface area contributed by atoms with Gasteiger partial charge in [-0.25, -0.2) is 0 Å². The Labute approximate surface area is 212 Å². The number of rotatable bonds is 22. The first-order chi connectivity index (χ1) is 17.8. The number of nitro groups is 1. The Morgan fingerprint density at radius 1 is 0.676 bits per heavy atom. The molecule has 0 aliphatic rings. The number of nitrogens with one attached hydrogen (secondary N) is 3. The molecule has 0 bridgehead atoms. The largest absolute Gasteiger partial charge is 0.356 e. The standard InChI is InChI=1S/C19H33N13O5/c20-29-26-13-1-10-23-16(33)4-7-19(32(36)37,8-5-17(34)24-11-2-14-27-30-21)9-6-18(35)25-12-3-15-28-31-22/h1-15H2,(H,23,33)(H,24,34)(H,25,35). The summed E-state index contributed by atoms with van der Waals surface area (Å²) in [4.78, 5) is 56.0. The summed E-state index contributed by atoms with van der Waals surface area (Å²) in [7, 11) is 0. The van der Waals surface area contributed by atoms with E-state index in [1.54, 1.807) is 0 Å². The van der Waals surface area contributed by atoms with Crippen molar-refractivity contribution in [1.29, 1.82) is 0 Å². The van der Waals surface area contributed by atoms with Crippen molar-refractivity contribution in [1.82, 2.24) is 16.0 Å². The number of hydrogen-bond donors (Lipinski definition) is 3. The number of carbonyl (C=O) groups excluding carboxylic acids is 3. The van der Waals surface area contributed by atoms with Crippen molar-refractivity contribution >= 4 is 17.7 Å². The van der Waals surface area contributed by atoms with Gasteiger partial charge in [-0.1, -0.05) is 15.3 Å². The third-order valence-electron chi connectivity index (χ3n) is 5.30. The average molecular weight is 524 g/mol. The Kier molecular flexibility index (Phi) is 18.6. The molecular formula is C19H33N13O5. The van der Waals surface area contributed by atoms with Crippen molar-refractivity contribution in [2.24, 2.45) is 15.3 Å². The van der Waals surface area contributed by atoms with E-state index in [0.29, 0.717) is 19.3 Å². The monoisotopic (exact) mass is 523 g/mol. The average Bonchev–Trinajstić information content (AvgIpc) is 2.87. The lowest BCUT2D eigenvalue weighted by atomic mass is 9.84. The summed E-state index contributed by atoms with van der Waals surface area (Å²) in [5.41, 5.74) is 23.1. The Bertz CT molecular complexity index is 790. The van der Waals surface area contributed by atoms with E-state index >= 15 is 0 Å². The van der Waals surface area contributed by atoms with Crippen molar-refractivity contribution < 1.29 is 19.3 Å². The highest BCUT2D eigenvalue weighted by atomic mass is 16.6. The maximum absolute atomic E-state index is 12.2. The van der Waals surface area contributed by atoms with Crippen LogP contribution in [0.4, 0.5) is 0 Å². The van der Waals surface area contributed by atoms with E-state index in [1.807, 2.05) is 0 Å². The van der Waals surface area contributed by atoms with Crippen LogP contribution in [0.15, 0.2) is 15.3 Å². The normalized spacial score (nSPS) is 11.5. The highest BCUT2D eigenvalue weighted by molar-refractivity contribution is 5.77. The maximum Gasteiger partial charge on any atom is 0.223 e. The van der Waals surface area contributed by atoms with Gasteiger partial charge in [0.05, 0.1) is 0 Å². The zero-order valence-electron chi connectivity index (χ0n) is 20.6. The molecule has 3 amide bonds. The third kappa shape index (κ3) is 16.9. The first-order valence-corrected chi connectivity index (χ1v) is 11.8. The Morgan fingerprint density at radius 3 is 1.22 bits per heavy atom.